The van der Waals surface area contributed by atoms with Crippen LogP contribution in [0.4, 0.5) is 0 Å². The van der Waals surface area contributed by atoms with Gasteiger partial charge in [0.05, 0.1) is 5.56 Å². The van der Waals surface area contributed by atoms with Gasteiger partial charge in [-0.25, -0.2) is 0 Å². The molecule has 0 saturated heterocycles. The topological polar surface area (TPSA) is 35.5 Å². The molecule has 3 aromatic carbocycles. The molecule has 1 aliphatic rings. The average molecular weight is 432 g/mol. The molecule has 4 rings (SSSR count). The number of allylic oxidation sites excluding steroid dienone is 1. The molecule has 0 radical (unpaired) electrons. The van der Waals surface area contributed by atoms with Gasteiger partial charge in [0.1, 0.15) is 18.1 Å². The van der Waals surface area contributed by atoms with E-state index in [1.165, 1.54) is 0 Å². The minimum Gasteiger partial charge on any atom is -0.489 e. The number of ketones is 1. The van der Waals surface area contributed by atoms with Crippen LogP contribution in [0, 0.1) is 0 Å². The molecule has 28 heavy (non-hydrogen) atoms. The molecular formula is C22H13Cl3O3. The lowest BCUT2D eigenvalue weighted by Gasteiger charge is -2.09. The smallest absolute Gasteiger partial charge is 0.231 e. The summed E-state index contributed by atoms with van der Waals surface area (Å²) in [5, 5.41) is 1.69. The van der Waals surface area contributed by atoms with Crippen LogP contribution in [0.3, 0.4) is 0 Å². The number of hydrogen-bond donors (Lipinski definition) is 0. The molecule has 0 unspecified atom stereocenters. The van der Waals surface area contributed by atoms with Crippen molar-refractivity contribution in [2.24, 2.45) is 0 Å². The Morgan fingerprint density at radius 1 is 0.929 bits per heavy atom. The third-order valence-electron chi connectivity index (χ3n) is 4.20. The van der Waals surface area contributed by atoms with Crippen molar-refractivity contribution in [3.8, 4) is 11.5 Å². The van der Waals surface area contributed by atoms with Gasteiger partial charge >= 0.3 is 0 Å². The standard InChI is InChI=1S/C22H13Cl3O3/c23-15-3-1-2-13(8-15)9-21-22(26)18-7-6-17(11-20(18)28-21)27-12-14-4-5-16(24)10-19(14)25/h1-11H,12H2/b21-9-. The molecule has 0 aliphatic carbocycles. The Morgan fingerprint density at radius 2 is 1.75 bits per heavy atom. The molecule has 0 amide bonds. The van der Waals surface area contributed by atoms with Gasteiger partial charge in [0.25, 0.3) is 0 Å². The minimum atomic E-state index is -0.178. The summed E-state index contributed by atoms with van der Waals surface area (Å²) < 4.78 is 11.5. The molecule has 0 bridgehead atoms. The van der Waals surface area contributed by atoms with Gasteiger partial charge in [-0.1, -0.05) is 53.0 Å². The van der Waals surface area contributed by atoms with E-state index in [0.717, 1.165) is 11.1 Å². The van der Waals surface area contributed by atoms with Crippen molar-refractivity contribution < 1.29 is 14.3 Å². The first-order valence-corrected chi connectivity index (χ1v) is 9.53. The van der Waals surface area contributed by atoms with E-state index in [1.807, 2.05) is 18.2 Å². The molecule has 0 aromatic heterocycles. The van der Waals surface area contributed by atoms with Crippen LogP contribution < -0.4 is 9.47 Å². The monoisotopic (exact) mass is 430 g/mol. The molecule has 1 aliphatic heterocycles. The Kier molecular flexibility index (Phi) is 5.31. The quantitative estimate of drug-likeness (QED) is 0.424. The van der Waals surface area contributed by atoms with Crippen LogP contribution in [-0.4, -0.2) is 5.78 Å². The van der Waals surface area contributed by atoms with Crippen molar-refractivity contribution >= 4 is 46.7 Å². The second-order valence-corrected chi connectivity index (χ2v) is 7.46. The van der Waals surface area contributed by atoms with E-state index in [4.69, 9.17) is 44.3 Å². The summed E-state index contributed by atoms with van der Waals surface area (Å²) in [5.74, 6) is 1.09. The zero-order valence-electron chi connectivity index (χ0n) is 14.4. The maximum absolute atomic E-state index is 12.6. The summed E-state index contributed by atoms with van der Waals surface area (Å²) in [7, 11) is 0. The molecule has 140 valence electrons. The van der Waals surface area contributed by atoms with Crippen LogP contribution in [-0.2, 0) is 6.61 Å². The fourth-order valence-corrected chi connectivity index (χ4v) is 3.47. The van der Waals surface area contributed by atoms with E-state index in [2.05, 4.69) is 0 Å². The molecule has 0 fully saturated rings. The number of ether oxygens (including phenoxy) is 2. The predicted molar refractivity (Wildman–Crippen MR) is 112 cm³/mol. The van der Waals surface area contributed by atoms with Gasteiger partial charge in [-0.3, -0.25) is 4.79 Å². The first-order valence-electron chi connectivity index (χ1n) is 8.40. The van der Waals surface area contributed by atoms with Crippen LogP contribution in [0.25, 0.3) is 6.08 Å². The number of hydrogen-bond acceptors (Lipinski definition) is 3. The highest BCUT2D eigenvalue weighted by molar-refractivity contribution is 6.35. The van der Waals surface area contributed by atoms with E-state index in [-0.39, 0.29) is 18.1 Å². The number of halogens is 3. The highest BCUT2D eigenvalue weighted by atomic mass is 35.5. The Bertz CT molecular complexity index is 1110. The third kappa shape index (κ3) is 4.02. The van der Waals surface area contributed by atoms with E-state index in [0.29, 0.717) is 32.1 Å². The highest BCUT2D eigenvalue weighted by Crippen LogP contribution is 2.35. The average Bonchev–Trinajstić information content (AvgIpc) is 2.96. The van der Waals surface area contributed by atoms with Gasteiger partial charge in [-0.05, 0) is 48.0 Å². The van der Waals surface area contributed by atoms with Crippen LogP contribution in [0.2, 0.25) is 15.1 Å². The summed E-state index contributed by atoms with van der Waals surface area (Å²) >= 11 is 18.1. The van der Waals surface area contributed by atoms with Gasteiger partial charge in [0, 0.05) is 26.7 Å². The van der Waals surface area contributed by atoms with Gasteiger partial charge in [-0.2, -0.15) is 0 Å². The Balaban J connectivity index is 1.52. The fourth-order valence-electron chi connectivity index (χ4n) is 2.80. The largest absolute Gasteiger partial charge is 0.489 e. The van der Waals surface area contributed by atoms with Crippen molar-refractivity contribution in [3.05, 3.63) is 98.2 Å². The predicted octanol–water partition coefficient (Wildman–Crippen LogP) is 6.84. The molecular weight excluding hydrogens is 419 g/mol. The number of benzene rings is 3. The first-order chi connectivity index (χ1) is 13.5. The second kappa shape index (κ2) is 7.88. The SMILES string of the molecule is O=C1/C(=C/c2cccc(Cl)c2)Oc2cc(OCc3ccc(Cl)cc3Cl)ccc21. The van der Waals surface area contributed by atoms with Gasteiger partial charge < -0.3 is 9.47 Å². The van der Waals surface area contributed by atoms with E-state index in [1.54, 1.807) is 48.5 Å². The molecule has 3 aromatic rings. The van der Waals surface area contributed by atoms with E-state index >= 15 is 0 Å². The van der Waals surface area contributed by atoms with Crippen molar-refractivity contribution in [2.45, 2.75) is 6.61 Å². The summed E-state index contributed by atoms with van der Waals surface area (Å²) in [4.78, 5) is 12.6. The normalized spacial score (nSPS) is 14.1. The molecule has 1 heterocycles. The van der Waals surface area contributed by atoms with Crippen molar-refractivity contribution in [3.63, 3.8) is 0 Å². The van der Waals surface area contributed by atoms with Crippen molar-refractivity contribution in [1.29, 1.82) is 0 Å². The van der Waals surface area contributed by atoms with E-state index < -0.39 is 0 Å². The van der Waals surface area contributed by atoms with Crippen molar-refractivity contribution in [1.82, 2.24) is 0 Å². The Hall–Kier alpha value is -2.46. The molecule has 3 nitrogen and oxygen atoms in total. The molecule has 0 saturated carbocycles. The number of fused-ring (bicyclic) bond motifs is 1. The highest BCUT2D eigenvalue weighted by Gasteiger charge is 2.27. The summed E-state index contributed by atoms with van der Waals surface area (Å²) in [6, 6.07) is 17.5. The number of carbonyl (C=O) groups is 1. The molecule has 6 heteroatoms. The lowest BCUT2D eigenvalue weighted by atomic mass is 10.1. The lowest BCUT2D eigenvalue weighted by molar-refractivity contribution is 0.101. The lowest BCUT2D eigenvalue weighted by Crippen LogP contribution is -1.98. The summed E-state index contributed by atoms with van der Waals surface area (Å²) in [6.45, 7) is 0.272. The number of Topliss-reactive ketones (excluding diaryl/α,β-unsaturated/α-hetero) is 1. The maximum atomic E-state index is 12.6. The van der Waals surface area contributed by atoms with Crippen molar-refractivity contribution in [2.75, 3.05) is 0 Å². The van der Waals surface area contributed by atoms with Crippen LogP contribution >= 0.6 is 34.8 Å². The Morgan fingerprint density at radius 3 is 2.54 bits per heavy atom. The zero-order chi connectivity index (χ0) is 19.7. The van der Waals surface area contributed by atoms with Crippen LogP contribution in [0.5, 0.6) is 11.5 Å². The van der Waals surface area contributed by atoms with Gasteiger partial charge in [0.15, 0.2) is 5.76 Å². The fraction of sp³-hybridized carbons (Fsp3) is 0.0455. The molecule has 0 spiro atoms. The maximum Gasteiger partial charge on any atom is 0.231 e. The molecule has 0 N–H and O–H groups in total. The Labute approximate surface area is 177 Å². The van der Waals surface area contributed by atoms with Gasteiger partial charge in [-0.15, -0.1) is 0 Å². The first kappa shape index (κ1) is 18.9. The summed E-state index contributed by atoms with van der Waals surface area (Å²) in [5.41, 5.74) is 2.09. The van der Waals surface area contributed by atoms with Crippen LogP contribution in [0.15, 0.2) is 66.4 Å². The minimum absolute atomic E-state index is 0.178. The second-order valence-electron chi connectivity index (χ2n) is 6.18. The number of rotatable bonds is 4. The summed E-state index contributed by atoms with van der Waals surface area (Å²) in [6.07, 6.45) is 1.67. The van der Waals surface area contributed by atoms with Crippen LogP contribution in [0.1, 0.15) is 21.5 Å². The third-order valence-corrected chi connectivity index (χ3v) is 5.02. The zero-order valence-corrected chi connectivity index (χ0v) is 16.7. The molecule has 0 atom stereocenters. The van der Waals surface area contributed by atoms with E-state index in [9.17, 15) is 4.79 Å². The van der Waals surface area contributed by atoms with Gasteiger partial charge in [0.2, 0.25) is 5.78 Å². The number of carbonyl (C=O) groups excluding carboxylic acids is 1.